The van der Waals surface area contributed by atoms with Crippen molar-refractivity contribution in [2.24, 2.45) is 0 Å². The van der Waals surface area contributed by atoms with E-state index in [0.29, 0.717) is 5.65 Å². The Morgan fingerprint density at radius 3 is 2.71 bits per heavy atom. The quantitative estimate of drug-likeness (QED) is 0.852. The second-order valence-corrected chi connectivity index (χ2v) is 7.18. The maximum atomic E-state index is 12.8. The van der Waals surface area contributed by atoms with Gasteiger partial charge in [-0.3, -0.25) is 9.20 Å². The minimum absolute atomic E-state index is 0.129. The van der Waals surface area contributed by atoms with Crippen molar-refractivity contribution >= 4 is 23.3 Å². The van der Waals surface area contributed by atoms with Crippen LogP contribution in [0.3, 0.4) is 0 Å². The third kappa shape index (κ3) is 3.66. The van der Waals surface area contributed by atoms with Crippen LogP contribution in [0.5, 0.6) is 0 Å². The zero-order chi connectivity index (χ0) is 17.3. The van der Waals surface area contributed by atoms with Crippen molar-refractivity contribution in [3.05, 3.63) is 23.9 Å². The lowest BCUT2D eigenvalue weighted by atomic mass is 10.2. The van der Waals surface area contributed by atoms with Crippen molar-refractivity contribution in [2.75, 3.05) is 0 Å². The summed E-state index contributed by atoms with van der Waals surface area (Å²) in [4.78, 5) is 12.2. The van der Waals surface area contributed by atoms with Crippen molar-refractivity contribution in [2.45, 2.75) is 55.2 Å². The molecule has 2 aromatic heterocycles. The van der Waals surface area contributed by atoms with Crippen molar-refractivity contribution in [1.82, 2.24) is 19.9 Å². The van der Waals surface area contributed by atoms with Gasteiger partial charge in [-0.1, -0.05) is 24.6 Å². The number of thioether (sulfide) groups is 1. The number of nitrogens with zero attached hydrogens (tertiary/aromatic N) is 3. The van der Waals surface area contributed by atoms with E-state index in [0.717, 1.165) is 49.7 Å². The highest BCUT2D eigenvalue weighted by atomic mass is 32.2. The lowest BCUT2D eigenvalue weighted by Crippen LogP contribution is -2.37. The second-order valence-electron chi connectivity index (χ2n) is 5.88. The lowest BCUT2D eigenvalue weighted by molar-refractivity contribution is -0.137. The van der Waals surface area contributed by atoms with Crippen LogP contribution < -0.4 is 5.32 Å². The van der Waals surface area contributed by atoms with E-state index in [2.05, 4.69) is 15.5 Å². The highest BCUT2D eigenvalue weighted by Gasteiger charge is 2.31. The maximum Gasteiger partial charge on any atom is 0.417 e. The summed E-state index contributed by atoms with van der Waals surface area (Å²) < 4.78 is 39.8. The Kier molecular flexibility index (Phi) is 4.71. The van der Waals surface area contributed by atoms with E-state index in [9.17, 15) is 18.0 Å². The molecule has 0 bridgehead atoms. The second kappa shape index (κ2) is 6.62. The van der Waals surface area contributed by atoms with E-state index in [4.69, 9.17) is 0 Å². The predicted molar refractivity (Wildman–Crippen MR) is 83.7 cm³/mol. The molecular formula is C15H17F3N4OS. The first-order valence-electron chi connectivity index (χ1n) is 7.73. The first-order chi connectivity index (χ1) is 11.3. The van der Waals surface area contributed by atoms with E-state index in [-0.39, 0.29) is 17.1 Å². The van der Waals surface area contributed by atoms with Crippen LogP contribution in [-0.2, 0) is 11.0 Å². The molecule has 2 aromatic rings. The third-order valence-electron chi connectivity index (χ3n) is 4.05. The van der Waals surface area contributed by atoms with Gasteiger partial charge in [0.2, 0.25) is 5.91 Å². The number of alkyl halides is 3. The van der Waals surface area contributed by atoms with Crippen LogP contribution in [0.2, 0.25) is 0 Å². The van der Waals surface area contributed by atoms with Gasteiger partial charge in [0, 0.05) is 12.2 Å². The first kappa shape index (κ1) is 17.1. The highest BCUT2D eigenvalue weighted by molar-refractivity contribution is 8.00. The van der Waals surface area contributed by atoms with Crippen LogP contribution in [0.25, 0.3) is 5.65 Å². The normalized spacial score (nSPS) is 17.3. The van der Waals surface area contributed by atoms with Gasteiger partial charge < -0.3 is 5.32 Å². The number of fused-ring (bicyclic) bond motifs is 1. The third-order valence-corrected chi connectivity index (χ3v) is 5.11. The van der Waals surface area contributed by atoms with E-state index in [1.807, 2.05) is 0 Å². The Hall–Kier alpha value is -1.77. The van der Waals surface area contributed by atoms with Crippen LogP contribution in [0.4, 0.5) is 13.2 Å². The number of halogens is 3. The Morgan fingerprint density at radius 1 is 1.33 bits per heavy atom. The highest BCUT2D eigenvalue weighted by Crippen LogP contribution is 2.31. The number of pyridine rings is 1. The monoisotopic (exact) mass is 358 g/mol. The predicted octanol–water partition coefficient (Wildman–Crippen LogP) is 3.29. The lowest BCUT2D eigenvalue weighted by Gasteiger charge is -2.15. The number of hydrogen-bond acceptors (Lipinski definition) is 4. The van der Waals surface area contributed by atoms with Gasteiger partial charge in [0.1, 0.15) is 0 Å². The standard InChI is InChI=1S/C15H17F3N4OS/c1-9(13(23)19-11-4-2-3-5-11)24-14-21-20-12-7-6-10(8-22(12)14)15(16,17)18/h6-9,11H,2-5H2,1H3,(H,19,23)/t9-/m1/s1. The number of nitrogens with one attached hydrogen (secondary N) is 1. The van der Waals surface area contributed by atoms with E-state index in [1.54, 1.807) is 6.92 Å². The summed E-state index contributed by atoms with van der Waals surface area (Å²) in [5.74, 6) is -0.129. The SMILES string of the molecule is C[C@@H](Sc1nnc2ccc(C(F)(F)F)cn12)C(=O)NC1CCCC1. The van der Waals surface area contributed by atoms with Gasteiger partial charge in [0.15, 0.2) is 10.8 Å². The molecule has 1 aliphatic rings. The van der Waals surface area contributed by atoms with Gasteiger partial charge in [-0.25, -0.2) is 0 Å². The average Bonchev–Trinajstić information content (AvgIpc) is 3.16. The Labute approximate surface area is 141 Å². The number of rotatable bonds is 4. The van der Waals surface area contributed by atoms with Gasteiger partial charge in [-0.05, 0) is 31.9 Å². The molecule has 3 rings (SSSR count). The topological polar surface area (TPSA) is 59.3 Å². The van der Waals surface area contributed by atoms with Gasteiger partial charge in [-0.2, -0.15) is 13.2 Å². The molecule has 0 radical (unpaired) electrons. The van der Waals surface area contributed by atoms with Crippen molar-refractivity contribution in [3.8, 4) is 0 Å². The molecule has 2 heterocycles. The van der Waals surface area contributed by atoms with Crippen LogP contribution >= 0.6 is 11.8 Å². The number of carbonyl (C=O) groups excluding carboxylic acids is 1. The van der Waals surface area contributed by atoms with Crippen molar-refractivity contribution in [1.29, 1.82) is 0 Å². The van der Waals surface area contributed by atoms with Gasteiger partial charge >= 0.3 is 6.18 Å². The molecule has 0 aliphatic heterocycles. The summed E-state index contributed by atoms with van der Waals surface area (Å²) in [6.07, 6.45) is 0.700. The van der Waals surface area contributed by atoms with Crippen molar-refractivity contribution in [3.63, 3.8) is 0 Å². The molecule has 0 spiro atoms. The fourth-order valence-corrected chi connectivity index (χ4v) is 3.56. The summed E-state index contributed by atoms with van der Waals surface area (Å²) in [6.45, 7) is 1.71. The fraction of sp³-hybridized carbons (Fsp3) is 0.533. The molecule has 24 heavy (non-hydrogen) atoms. The zero-order valence-corrected chi connectivity index (χ0v) is 13.8. The maximum absolute atomic E-state index is 12.8. The Balaban J connectivity index is 1.75. The summed E-state index contributed by atoms with van der Waals surface area (Å²) in [5.41, 5.74) is -0.464. The van der Waals surface area contributed by atoms with Crippen LogP contribution in [-0.4, -0.2) is 31.8 Å². The summed E-state index contributed by atoms with van der Waals surface area (Å²) in [7, 11) is 0. The molecule has 5 nitrogen and oxygen atoms in total. The van der Waals surface area contributed by atoms with E-state index >= 15 is 0 Å². The summed E-state index contributed by atoms with van der Waals surface area (Å²) >= 11 is 1.10. The largest absolute Gasteiger partial charge is 0.417 e. The smallest absolute Gasteiger partial charge is 0.352 e. The molecule has 0 aromatic carbocycles. The van der Waals surface area contributed by atoms with Crippen LogP contribution in [0.1, 0.15) is 38.2 Å². The molecule has 1 fully saturated rings. The molecular weight excluding hydrogens is 341 g/mol. The van der Waals surface area contributed by atoms with E-state index < -0.39 is 17.0 Å². The van der Waals surface area contributed by atoms with Gasteiger partial charge in [0.05, 0.1) is 10.8 Å². The minimum atomic E-state index is -4.44. The molecule has 1 amide bonds. The Morgan fingerprint density at radius 2 is 2.04 bits per heavy atom. The van der Waals surface area contributed by atoms with Gasteiger partial charge in [-0.15, -0.1) is 10.2 Å². The summed E-state index contributed by atoms with van der Waals surface area (Å²) in [6, 6.07) is 2.44. The average molecular weight is 358 g/mol. The minimum Gasteiger partial charge on any atom is -0.352 e. The van der Waals surface area contributed by atoms with Crippen LogP contribution in [0, 0.1) is 0 Å². The molecule has 130 valence electrons. The van der Waals surface area contributed by atoms with E-state index in [1.165, 1.54) is 10.5 Å². The molecule has 0 unspecified atom stereocenters. The zero-order valence-electron chi connectivity index (χ0n) is 13.0. The number of amides is 1. The fourth-order valence-electron chi connectivity index (χ4n) is 2.72. The summed E-state index contributed by atoms with van der Waals surface area (Å²) in [5, 5.41) is 10.5. The Bertz CT molecular complexity index is 740. The first-order valence-corrected chi connectivity index (χ1v) is 8.61. The number of aromatic nitrogens is 3. The number of hydrogen-bond donors (Lipinski definition) is 1. The molecule has 1 N–H and O–H groups in total. The molecule has 0 saturated heterocycles. The van der Waals surface area contributed by atoms with Crippen LogP contribution in [0.15, 0.2) is 23.5 Å². The molecule has 1 aliphatic carbocycles. The van der Waals surface area contributed by atoms with Crippen molar-refractivity contribution < 1.29 is 18.0 Å². The number of carbonyl (C=O) groups is 1. The molecule has 9 heteroatoms. The molecule has 1 saturated carbocycles. The molecule has 1 atom stereocenters. The van der Waals surface area contributed by atoms with Gasteiger partial charge in [0.25, 0.3) is 0 Å².